The van der Waals surface area contributed by atoms with Gasteiger partial charge in [0.2, 0.25) is 11.2 Å². The predicted molar refractivity (Wildman–Crippen MR) is 111 cm³/mol. The predicted octanol–water partition coefficient (Wildman–Crippen LogP) is 3.73. The van der Waals surface area contributed by atoms with E-state index in [1.54, 1.807) is 12.1 Å². The maximum Gasteiger partial charge on any atom is 0.375 e. The van der Waals surface area contributed by atoms with E-state index in [2.05, 4.69) is 6.58 Å². The van der Waals surface area contributed by atoms with Gasteiger partial charge in [-0.15, -0.1) is 0 Å². The van der Waals surface area contributed by atoms with Crippen molar-refractivity contribution in [3.05, 3.63) is 75.8 Å². The van der Waals surface area contributed by atoms with Gasteiger partial charge in [0, 0.05) is 12.2 Å². The van der Waals surface area contributed by atoms with Gasteiger partial charge in [0.15, 0.2) is 5.58 Å². The van der Waals surface area contributed by atoms with Crippen LogP contribution in [-0.2, 0) is 6.54 Å². The quantitative estimate of drug-likeness (QED) is 0.488. The lowest BCUT2D eigenvalue weighted by Crippen LogP contribution is -2.08. The number of aromatic hydroxyl groups is 1. The van der Waals surface area contributed by atoms with Crippen LogP contribution in [0.1, 0.15) is 27.4 Å². The number of hydrogen-bond donors (Lipinski definition) is 3. The zero-order valence-electron chi connectivity index (χ0n) is 15.6. The molecule has 0 saturated carbocycles. The summed E-state index contributed by atoms with van der Waals surface area (Å²) in [6, 6.07) is 11.1. The Labute approximate surface area is 164 Å². The molecule has 0 fully saturated rings. The number of nitrogens with two attached hydrogens (primary N) is 1. The van der Waals surface area contributed by atoms with E-state index in [-0.39, 0.29) is 11.0 Å². The summed E-state index contributed by atoms with van der Waals surface area (Å²) in [5, 5.41) is 19.6. The number of carboxylic acid groups (broad SMARTS) is 1. The van der Waals surface area contributed by atoms with Gasteiger partial charge in [0.1, 0.15) is 0 Å². The Morgan fingerprint density at radius 3 is 2.55 bits per heavy atom. The molecule has 4 N–H and O–H groups in total. The van der Waals surface area contributed by atoms with Crippen LogP contribution in [-0.4, -0.2) is 20.7 Å². The molecule has 2 heterocycles. The number of hydrogen-bond acceptors (Lipinski definition) is 5. The van der Waals surface area contributed by atoms with Crippen molar-refractivity contribution in [1.82, 2.24) is 4.57 Å². The third-order valence-electron chi connectivity index (χ3n) is 5.12. The van der Waals surface area contributed by atoms with Gasteiger partial charge in [-0.1, -0.05) is 36.9 Å². The Kier molecular flexibility index (Phi) is 4.15. The summed E-state index contributed by atoms with van der Waals surface area (Å²) in [4.78, 5) is 23.8. The number of anilines is 1. The first-order valence-corrected chi connectivity index (χ1v) is 8.85. The zero-order chi connectivity index (χ0) is 20.9. The molecule has 0 unspecified atom stereocenters. The highest BCUT2D eigenvalue weighted by Gasteiger charge is 2.23. The smallest absolute Gasteiger partial charge is 0.375 e. The molecule has 146 valence electrons. The minimum absolute atomic E-state index is 0.0454. The number of fused-ring (bicyclic) bond motifs is 3. The van der Waals surface area contributed by atoms with Gasteiger partial charge in [-0.05, 0) is 30.2 Å². The third-order valence-corrected chi connectivity index (χ3v) is 5.12. The highest BCUT2D eigenvalue weighted by atomic mass is 16.4. The number of aromatic nitrogens is 1. The Hall–Kier alpha value is -4.00. The standard InChI is InChI=1S/C22H18N2O5/c1-3-12-4-6-13(7-5-12)10-24-11(2)17(23)16-15(24)9-8-14-18(25)19(26)21(22(27)28)29-20(14)16/h3-9,26H,1,10,23H2,2H3,(H,27,28). The van der Waals surface area contributed by atoms with Crippen molar-refractivity contribution in [2.75, 3.05) is 5.73 Å². The molecular formula is C22H18N2O5. The van der Waals surface area contributed by atoms with Crippen molar-refractivity contribution in [3.8, 4) is 5.75 Å². The minimum Gasteiger partial charge on any atom is -0.501 e. The number of aromatic carboxylic acids is 1. The molecule has 7 heteroatoms. The van der Waals surface area contributed by atoms with E-state index in [0.29, 0.717) is 23.1 Å². The third kappa shape index (κ3) is 2.75. The van der Waals surface area contributed by atoms with E-state index in [1.165, 1.54) is 6.07 Å². The first-order valence-electron chi connectivity index (χ1n) is 8.85. The number of rotatable bonds is 4. The van der Waals surface area contributed by atoms with Crippen LogP contribution >= 0.6 is 0 Å². The molecule has 0 amide bonds. The lowest BCUT2D eigenvalue weighted by molar-refractivity contribution is 0.0658. The molecule has 4 rings (SSSR count). The van der Waals surface area contributed by atoms with Crippen molar-refractivity contribution in [1.29, 1.82) is 0 Å². The molecule has 0 atom stereocenters. The lowest BCUT2D eigenvalue weighted by Gasteiger charge is -2.09. The highest BCUT2D eigenvalue weighted by Crippen LogP contribution is 2.35. The van der Waals surface area contributed by atoms with E-state index < -0.39 is 22.9 Å². The molecule has 29 heavy (non-hydrogen) atoms. The fourth-order valence-corrected chi connectivity index (χ4v) is 3.52. The van der Waals surface area contributed by atoms with Gasteiger partial charge in [0.05, 0.1) is 22.0 Å². The summed E-state index contributed by atoms with van der Waals surface area (Å²) in [5.41, 5.74) is 9.44. The molecule has 2 aromatic heterocycles. The van der Waals surface area contributed by atoms with Crippen molar-refractivity contribution in [3.63, 3.8) is 0 Å². The molecule has 0 aliphatic rings. The molecule has 4 aromatic rings. The van der Waals surface area contributed by atoms with Gasteiger partial charge in [-0.25, -0.2) is 4.79 Å². The fraction of sp³-hybridized carbons (Fsp3) is 0.0909. The van der Waals surface area contributed by atoms with E-state index in [4.69, 9.17) is 10.2 Å². The first-order chi connectivity index (χ1) is 13.8. The van der Waals surface area contributed by atoms with Crippen LogP contribution in [0.3, 0.4) is 0 Å². The average molecular weight is 390 g/mol. The second-order valence-electron chi connectivity index (χ2n) is 6.78. The second kappa shape index (κ2) is 6.56. The molecule has 0 aliphatic heterocycles. The molecule has 0 radical (unpaired) electrons. The molecule has 0 saturated heterocycles. The Morgan fingerprint density at radius 2 is 1.93 bits per heavy atom. The van der Waals surface area contributed by atoms with E-state index in [9.17, 15) is 19.8 Å². The monoisotopic (exact) mass is 390 g/mol. The van der Waals surface area contributed by atoms with Crippen LogP contribution in [0, 0.1) is 6.92 Å². The van der Waals surface area contributed by atoms with Crippen molar-refractivity contribution in [2.45, 2.75) is 13.5 Å². The molecule has 7 nitrogen and oxygen atoms in total. The van der Waals surface area contributed by atoms with Crippen molar-refractivity contribution in [2.24, 2.45) is 0 Å². The summed E-state index contributed by atoms with van der Waals surface area (Å²) in [5.74, 6) is -3.27. The SMILES string of the molecule is C=Cc1ccc(Cn2c(C)c(N)c3c4oc(C(=O)O)c(O)c(=O)c4ccc32)cc1. The van der Waals surface area contributed by atoms with Crippen LogP contribution in [0.25, 0.3) is 27.9 Å². The van der Waals surface area contributed by atoms with Crippen molar-refractivity contribution < 1.29 is 19.4 Å². The van der Waals surface area contributed by atoms with E-state index in [1.807, 2.05) is 35.8 Å². The average Bonchev–Trinajstić information content (AvgIpc) is 2.95. The summed E-state index contributed by atoms with van der Waals surface area (Å²) >= 11 is 0. The maximum atomic E-state index is 12.4. The van der Waals surface area contributed by atoms with Crippen LogP contribution < -0.4 is 11.2 Å². The van der Waals surface area contributed by atoms with E-state index in [0.717, 1.165) is 16.8 Å². The fourth-order valence-electron chi connectivity index (χ4n) is 3.52. The van der Waals surface area contributed by atoms with E-state index >= 15 is 0 Å². The van der Waals surface area contributed by atoms with Gasteiger partial charge in [0.25, 0.3) is 5.76 Å². The molecule has 0 aliphatic carbocycles. The maximum absolute atomic E-state index is 12.4. The van der Waals surface area contributed by atoms with Gasteiger partial charge < -0.3 is 24.9 Å². The number of carbonyl (C=O) groups is 1. The van der Waals surface area contributed by atoms with Crippen molar-refractivity contribution >= 4 is 39.6 Å². The molecule has 0 bridgehead atoms. The van der Waals surface area contributed by atoms with Crippen LogP contribution in [0.4, 0.5) is 5.69 Å². The highest BCUT2D eigenvalue weighted by molar-refractivity contribution is 6.11. The minimum atomic E-state index is -1.53. The van der Waals surface area contributed by atoms with Gasteiger partial charge in [-0.2, -0.15) is 0 Å². The Bertz CT molecular complexity index is 1360. The summed E-state index contributed by atoms with van der Waals surface area (Å²) in [6.45, 7) is 6.11. The summed E-state index contributed by atoms with van der Waals surface area (Å²) in [7, 11) is 0. The Balaban J connectivity index is 1.99. The summed E-state index contributed by atoms with van der Waals surface area (Å²) < 4.78 is 7.40. The molecule has 2 aromatic carbocycles. The number of nitrogen functional groups attached to an aromatic ring is 1. The zero-order valence-corrected chi connectivity index (χ0v) is 15.6. The first kappa shape index (κ1) is 18.4. The van der Waals surface area contributed by atoms with Crippen LogP contribution in [0.2, 0.25) is 0 Å². The van der Waals surface area contributed by atoms with Gasteiger partial charge in [-0.3, -0.25) is 4.79 Å². The molecule has 0 spiro atoms. The van der Waals surface area contributed by atoms with Crippen LogP contribution in [0.15, 0.2) is 52.2 Å². The number of benzene rings is 2. The van der Waals surface area contributed by atoms with Gasteiger partial charge >= 0.3 is 5.97 Å². The lowest BCUT2D eigenvalue weighted by atomic mass is 10.1. The second-order valence-corrected chi connectivity index (χ2v) is 6.78. The normalized spacial score (nSPS) is 11.2. The van der Waals surface area contributed by atoms with Crippen LogP contribution in [0.5, 0.6) is 5.75 Å². The largest absolute Gasteiger partial charge is 0.501 e. The topological polar surface area (TPSA) is 119 Å². The Morgan fingerprint density at radius 1 is 1.24 bits per heavy atom. The summed E-state index contributed by atoms with van der Waals surface area (Å²) in [6.07, 6.45) is 1.77. The molecular weight excluding hydrogens is 372 g/mol. The number of nitrogens with zero attached hydrogens (tertiary/aromatic N) is 1. The number of carboxylic acids is 1.